The third-order valence-corrected chi connectivity index (χ3v) is 9.87. The highest BCUT2D eigenvalue weighted by Crippen LogP contribution is 2.52. The zero-order chi connectivity index (χ0) is 23.8. The van der Waals surface area contributed by atoms with Crippen LogP contribution in [-0.2, 0) is 5.88 Å². The van der Waals surface area contributed by atoms with Crippen molar-refractivity contribution in [3.05, 3.63) is 72.3 Å². The van der Waals surface area contributed by atoms with E-state index in [4.69, 9.17) is 11.6 Å². The average Bonchev–Trinajstić information content (AvgIpc) is 2.83. The molecular formula is C25H17ClO4S4. The first-order valence-corrected chi connectivity index (χ1v) is 13.8. The van der Waals surface area contributed by atoms with Crippen molar-refractivity contribution in [2.45, 2.75) is 45.0 Å². The van der Waals surface area contributed by atoms with Crippen molar-refractivity contribution in [3.8, 4) is 23.0 Å². The molecule has 0 aliphatic carbocycles. The minimum Gasteiger partial charge on any atom is -0.506 e. The normalized spacial score (nSPS) is 13.0. The van der Waals surface area contributed by atoms with Crippen LogP contribution >= 0.6 is 58.6 Å². The summed E-state index contributed by atoms with van der Waals surface area (Å²) in [6.07, 6.45) is 0. The van der Waals surface area contributed by atoms with Gasteiger partial charge in [0.2, 0.25) is 0 Å². The lowest BCUT2D eigenvalue weighted by Crippen LogP contribution is -1.89. The number of hydrogen-bond acceptors (Lipinski definition) is 8. The Morgan fingerprint density at radius 1 is 0.471 bits per heavy atom. The summed E-state index contributed by atoms with van der Waals surface area (Å²) in [6.45, 7) is 0. The van der Waals surface area contributed by atoms with Gasteiger partial charge in [0.25, 0.3) is 0 Å². The van der Waals surface area contributed by atoms with Gasteiger partial charge in [0.1, 0.15) is 23.0 Å². The van der Waals surface area contributed by atoms with Crippen LogP contribution in [0, 0.1) is 0 Å². The molecule has 0 unspecified atom stereocenters. The highest BCUT2D eigenvalue weighted by Gasteiger charge is 2.21. The van der Waals surface area contributed by atoms with Crippen molar-refractivity contribution in [1.82, 2.24) is 0 Å². The lowest BCUT2D eigenvalue weighted by atomic mass is 10.2. The van der Waals surface area contributed by atoms with Gasteiger partial charge >= 0.3 is 0 Å². The van der Waals surface area contributed by atoms with Gasteiger partial charge in [-0.2, -0.15) is 0 Å². The minimum atomic E-state index is 0.0398. The Morgan fingerprint density at radius 3 is 1.21 bits per heavy atom. The molecule has 0 aromatic heterocycles. The summed E-state index contributed by atoms with van der Waals surface area (Å²) in [4.78, 5) is 4.51. The van der Waals surface area contributed by atoms with E-state index in [0.717, 1.165) is 5.56 Å². The van der Waals surface area contributed by atoms with E-state index in [9.17, 15) is 20.4 Å². The molecule has 4 aromatic rings. The molecule has 1 aliphatic rings. The second-order valence-electron chi connectivity index (χ2n) is 7.25. The molecule has 4 N–H and O–H groups in total. The van der Waals surface area contributed by atoms with E-state index in [1.807, 2.05) is 24.3 Å². The van der Waals surface area contributed by atoms with Crippen LogP contribution < -0.4 is 0 Å². The molecule has 0 saturated carbocycles. The highest BCUT2D eigenvalue weighted by molar-refractivity contribution is 8.01. The number of hydrogen-bond donors (Lipinski definition) is 4. The summed E-state index contributed by atoms with van der Waals surface area (Å²) < 4.78 is 0. The molecule has 4 aromatic carbocycles. The van der Waals surface area contributed by atoms with Crippen LogP contribution in [-0.4, -0.2) is 20.4 Å². The lowest BCUT2D eigenvalue weighted by Gasteiger charge is -2.17. The third kappa shape index (κ3) is 4.41. The van der Waals surface area contributed by atoms with Crippen molar-refractivity contribution < 1.29 is 20.4 Å². The number of benzene rings is 4. The number of phenols is 4. The highest BCUT2D eigenvalue weighted by atomic mass is 35.5. The van der Waals surface area contributed by atoms with Crippen LogP contribution in [0.4, 0.5) is 0 Å². The van der Waals surface area contributed by atoms with Crippen LogP contribution in [0.25, 0.3) is 0 Å². The molecule has 0 saturated heterocycles. The summed E-state index contributed by atoms with van der Waals surface area (Å²) >= 11 is 11.1. The molecule has 9 heteroatoms. The smallest absolute Gasteiger partial charge is 0.143 e. The predicted octanol–water partition coefficient (Wildman–Crippen LogP) is 8.17. The molecule has 1 heterocycles. The molecular weight excluding hydrogens is 528 g/mol. The van der Waals surface area contributed by atoms with Crippen LogP contribution in [0.15, 0.2) is 106 Å². The third-order valence-electron chi connectivity index (χ3n) is 5.08. The first-order chi connectivity index (χ1) is 16.5. The SMILES string of the molecule is Oc1c2cccc1Sc1cccc(c1O)Sc1c(CCl)ccc(c1O)Sc1cccc(c1O)S2. The van der Waals surface area contributed by atoms with Gasteiger partial charge in [-0.25, -0.2) is 0 Å². The Labute approximate surface area is 218 Å². The molecule has 0 amide bonds. The quantitative estimate of drug-likeness (QED) is 0.157. The Balaban J connectivity index is 1.74. The van der Waals surface area contributed by atoms with E-state index in [1.165, 1.54) is 47.0 Å². The monoisotopic (exact) mass is 544 g/mol. The van der Waals surface area contributed by atoms with Crippen molar-refractivity contribution in [1.29, 1.82) is 0 Å². The number of aromatic hydroxyl groups is 4. The lowest BCUT2D eigenvalue weighted by molar-refractivity contribution is 0.444. The van der Waals surface area contributed by atoms with E-state index in [-0.39, 0.29) is 28.9 Å². The molecule has 0 fully saturated rings. The maximum Gasteiger partial charge on any atom is 0.143 e. The zero-order valence-corrected chi connectivity index (χ0v) is 21.4. The number of alkyl halides is 1. The van der Waals surface area contributed by atoms with Gasteiger partial charge in [0, 0.05) is 5.88 Å². The zero-order valence-electron chi connectivity index (χ0n) is 17.4. The van der Waals surface area contributed by atoms with Crippen molar-refractivity contribution in [2.75, 3.05) is 0 Å². The topological polar surface area (TPSA) is 80.9 Å². The summed E-state index contributed by atoms with van der Waals surface area (Å²) in [5, 5.41) is 44.1. The number of para-hydroxylation sites is 3. The minimum absolute atomic E-state index is 0.0398. The second kappa shape index (κ2) is 9.79. The molecule has 172 valence electrons. The van der Waals surface area contributed by atoms with Crippen molar-refractivity contribution in [2.24, 2.45) is 0 Å². The van der Waals surface area contributed by atoms with E-state index >= 15 is 0 Å². The first kappa shape index (κ1) is 23.5. The van der Waals surface area contributed by atoms with Crippen LogP contribution in [0.2, 0.25) is 0 Å². The Hall–Kier alpha value is -2.23. The molecule has 0 radical (unpaired) electrons. The summed E-state index contributed by atoms with van der Waals surface area (Å²) in [7, 11) is 0. The maximum absolute atomic E-state index is 11.1. The van der Waals surface area contributed by atoms with Gasteiger partial charge in [-0.1, -0.05) is 71.3 Å². The van der Waals surface area contributed by atoms with E-state index in [0.29, 0.717) is 39.2 Å². The number of phenolic OH excluding ortho intramolecular Hbond substituents is 4. The van der Waals surface area contributed by atoms with Gasteiger partial charge in [-0.15, -0.1) is 11.6 Å². The maximum atomic E-state index is 11.1. The van der Waals surface area contributed by atoms with Crippen molar-refractivity contribution >= 4 is 58.6 Å². The van der Waals surface area contributed by atoms with Gasteiger partial charge in [0.15, 0.2) is 0 Å². The van der Waals surface area contributed by atoms with E-state index in [1.54, 1.807) is 42.5 Å². The van der Waals surface area contributed by atoms with Crippen LogP contribution in [0.1, 0.15) is 5.56 Å². The van der Waals surface area contributed by atoms with E-state index in [2.05, 4.69) is 0 Å². The second-order valence-corrected chi connectivity index (χ2v) is 11.8. The first-order valence-electron chi connectivity index (χ1n) is 10.0. The number of fused-ring (bicyclic) bond motifs is 8. The molecule has 34 heavy (non-hydrogen) atoms. The van der Waals surface area contributed by atoms with Gasteiger partial charge in [-0.3, -0.25) is 0 Å². The van der Waals surface area contributed by atoms with Gasteiger partial charge < -0.3 is 20.4 Å². The Bertz CT molecular complexity index is 1410. The standard InChI is InChI=1S/C25H17ClO4S4/c26-12-13-10-11-20-24(30)25(13)34-19-9-3-8-18(23(19)29)32-15-5-1-4-14(21(15)27)31-16-6-2-7-17(33-20)22(16)28/h1-11,27-30H,12H2. The molecule has 1 aliphatic heterocycles. The fourth-order valence-electron chi connectivity index (χ4n) is 3.36. The Kier molecular flexibility index (Phi) is 6.77. The van der Waals surface area contributed by atoms with Gasteiger partial charge in [-0.05, 0) is 48.0 Å². The molecule has 5 rings (SSSR count). The average molecular weight is 545 g/mol. The largest absolute Gasteiger partial charge is 0.506 e. The fraction of sp³-hybridized carbons (Fsp3) is 0.0400. The van der Waals surface area contributed by atoms with Crippen LogP contribution in [0.3, 0.4) is 0 Å². The molecule has 4 nitrogen and oxygen atoms in total. The summed E-state index contributed by atoms with van der Waals surface area (Å²) in [5.41, 5.74) is 0.728. The summed E-state index contributed by atoms with van der Waals surface area (Å²) in [6, 6.07) is 19.7. The summed E-state index contributed by atoms with van der Waals surface area (Å²) in [5.74, 6) is 0.432. The predicted molar refractivity (Wildman–Crippen MR) is 138 cm³/mol. The van der Waals surface area contributed by atoms with Crippen LogP contribution in [0.5, 0.6) is 23.0 Å². The van der Waals surface area contributed by atoms with E-state index < -0.39 is 0 Å². The number of rotatable bonds is 1. The number of halogens is 1. The molecule has 0 atom stereocenters. The molecule has 8 bridgehead atoms. The molecule has 0 spiro atoms. The fourth-order valence-corrected chi connectivity index (χ4v) is 7.79. The Morgan fingerprint density at radius 2 is 0.824 bits per heavy atom. The van der Waals surface area contributed by atoms with Crippen molar-refractivity contribution in [3.63, 3.8) is 0 Å². The van der Waals surface area contributed by atoms with Gasteiger partial charge in [0.05, 0.1) is 39.2 Å².